The average molecular weight is 361 g/mol. The van der Waals surface area contributed by atoms with Gasteiger partial charge in [-0.25, -0.2) is 12.8 Å². The molecule has 2 N–H and O–H groups in total. The van der Waals surface area contributed by atoms with Crippen LogP contribution in [0.4, 0.5) is 4.39 Å². The molecule has 0 heterocycles. The van der Waals surface area contributed by atoms with Gasteiger partial charge in [-0.05, 0) is 24.1 Å². The molecule has 1 rings (SSSR count). The van der Waals surface area contributed by atoms with Crippen LogP contribution in [0.1, 0.15) is 31.7 Å². The number of carbonyl (C=O) groups is 2. The molecule has 0 bridgehead atoms. The average Bonchev–Trinajstić information content (AvgIpc) is 2.52. The summed E-state index contributed by atoms with van der Waals surface area (Å²) < 4.78 is 44.9. The van der Waals surface area contributed by atoms with Gasteiger partial charge in [0, 0.05) is 0 Å². The molecular formula is C15H20FNO6S. The van der Waals surface area contributed by atoms with E-state index in [1.54, 1.807) is 0 Å². The zero-order chi connectivity index (χ0) is 18.3. The van der Waals surface area contributed by atoms with Crippen molar-refractivity contribution in [2.45, 2.75) is 43.5 Å². The Kier molecular flexibility index (Phi) is 7.30. The molecule has 1 aromatic rings. The van der Waals surface area contributed by atoms with E-state index in [4.69, 9.17) is 5.11 Å². The minimum atomic E-state index is -4.20. The molecule has 0 radical (unpaired) electrons. The number of halogens is 1. The fraction of sp³-hybridized carbons (Fsp3) is 0.467. The zero-order valence-corrected chi connectivity index (χ0v) is 14.2. The molecule has 0 saturated carbocycles. The summed E-state index contributed by atoms with van der Waals surface area (Å²) in [5.74, 6) is -2.84. The van der Waals surface area contributed by atoms with Crippen LogP contribution in [-0.4, -0.2) is 38.6 Å². The highest BCUT2D eigenvalue weighted by atomic mass is 32.2. The Hall–Kier alpha value is -2.00. The number of hydrogen-bond acceptors (Lipinski definition) is 5. The summed E-state index contributed by atoms with van der Waals surface area (Å²) in [6.07, 6.45) is 1.05. The van der Waals surface area contributed by atoms with E-state index >= 15 is 0 Å². The molecule has 134 valence electrons. The molecule has 0 aliphatic carbocycles. The smallest absolute Gasteiger partial charge is 0.321 e. The van der Waals surface area contributed by atoms with Gasteiger partial charge in [-0.1, -0.05) is 25.8 Å². The number of benzene rings is 1. The van der Waals surface area contributed by atoms with Gasteiger partial charge >= 0.3 is 11.9 Å². The zero-order valence-electron chi connectivity index (χ0n) is 13.4. The molecule has 1 aromatic carbocycles. The van der Waals surface area contributed by atoms with Gasteiger partial charge in [0.2, 0.25) is 10.0 Å². The van der Waals surface area contributed by atoms with Crippen LogP contribution in [0.5, 0.6) is 0 Å². The third-order valence-electron chi connectivity index (χ3n) is 3.34. The number of rotatable bonds is 9. The second-order valence-corrected chi connectivity index (χ2v) is 6.87. The van der Waals surface area contributed by atoms with E-state index in [0.717, 1.165) is 25.3 Å². The van der Waals surface area contributed by atoms with Crippen molar-refractivity contribution in [1.82, 2.24) is 4.72 Å². The number of ether oxygens (including phenoxy) is 1. The van der Waals surface area contributed by atoms with Crippen LogP contribution in [0.2, 0.25) is 0 Å². The summed E-state index contributed by atoms with van der Waals surface area (Å²) in [5.41, 5.74) is -0.0124. The Morgan fingerprint density at radius 2 is 2.04 bits per heavy atom. The molecule has 24 heavy (non-hydrogen) atoms. The topological polar surface area (TPSA) is 110 Å². The summed E-state index contributed by atoms with van der Waals surface area (Å²) in [6, 6.07) is 1.73. The van der Waals surface area contributed by atoms with Gasteiger partial charge < -0.3 is 9.84 Å². The van der Waals surface area contributed by atoms with E-state index in [1.807, 2.05) is 6.92 Å². The molecule has 0 unspecified atom stereocenters. The largest absolute Gasteiger partial charge is 0.480 e. The predicted molar refractivity (Wildman–Crippen MR) is 83.4 cm³/mol. The maximum atomic E-state index is 14.0. The summed E-state index contributed by atoms with van der Waals surface area (Å²) >= 11 is 0. The summed E-state index contributed by atoms with van der Waals surface area (Å²) in [4.78, 5) is 21.9. The number of carbonyl (C=O) groups excluding carboxylic acids is 1. The van der Waals surface area contributed by atoms with Crippen molar-refractivity contribution < 1.29 is 32.2 Å². The second kappa shape index (κ2) is 8.74. The van der Waals surface area contributed by atoms with Crippen molar-refractivity contribution in [1.29, 1.82) is 0 Å². The number of carboxylic acid groups (broad SMARTS) is 1. The molecule has 0 aliphatic rings. The van der Waals surface area contributed by atoms with Gasteiger partial charge in [0.05, 0.1) is 18.4 Å². The van der Waals surface area contributed by atoms with Gasteiger partial charge in [-0.3, -0.25) is 9.59 Å². The number of aliphatic carboxylic acids is 1. The quantitative estimate of drug-likeness (QED) is 0.645. The highest BCUT2D eigenvalue weighted by molar-refractivity contribution is 7.89. The van der Waals surface area contributed by atoms with E-state index in [1.165, 1.54) is 0 Å². The normalized spacial score (nSPS) is 12.6. The monoisotopic (exact) mass is 361 g/mol. The lowest BCUT2D eigenvalue weighted by Gasteiger charge is -2.15. The molecule has 0 aromatic heterocycles. The Balaban J connectivity index is 2.99. The summed E-state index contributed by atoms with van der Waals surface area (Å²) in [7, 11) is -3.04. The van der Waals surface area contributed by atoms with Crippen molar-refractivity contribution in [2.75, 3.05) is 7.11 Å². The van der Waals surface area contributed by atoms with Gasteiger partial charge in [0.1, 0.15) is 11.9 Å². The first kappa shape index (κ1) is 20.0. The van der Waals surface area contributed by atoms with E-state index in [-0.39, 0.29) is 18.4 Å². The molecule has 9 heteroatoms. The number of unbranched alkanes of at least 4 members (excludes halogenated alkanes) is 1. The van der Waals surface area contributed by atoms with Crippen molar-refractivity contribution in [3.8, 4) is 0 Å². The number of nitrogens with one attached hydrogen (secondary N) is 1. The Labute approximate surface area is 139 Å². The fourth-order valence-corrected chi connectivity index (χ4v) is 3.20. The van der Waals surface area contributed by atoms with Gasteiger partial charge in [0.25, 0.3) is 0 Å². The highest BCUT2D eigenvalue weighted by Crippen LogP contribution is 2.17. The third-order valence-corrected chi connectivity index (χ3v) is 4.81. The van der Waals surface area contributed by atoms with Crippen LogP contribution in [0, 0.1) is 5.82 Å². The molecule has 0 saturated heterocycles. The third kappa shape index (κ3) is 5.57. The van der Waals surface area contributed by atoms with Crippen LogP contribution >= 0.6 is 0 Å². The fourth-order valence-electron chi connectivity index (χ4n) is 1.96. The highest BCUT2D eigenvalue weighted by Gasteiger charge is 2.25. The van der Waals surface area contributed by atoms with E-state index in [0.29, 0.717) is 12.8 Å². The van der Waals surface area contributed by atoms with Crippen molar-refractivity contribution >= 4 is 22.0 Å². The SMILES string of the molecule is CCCC[C@H](NS(=O)(=O)c1ccc(CC(=O)OC)c(F)c1)C(=O)O. The van der Waals surface area contributed by atoms with E-state index < -0.39 is 38.7 Å². The van der Waals surface area contributed by atoms with Crippen LogP contribution < -0.4 is 4.72 Å². The molecule has 1 atom stereocenters. The Morgan fingerprint density at radius 3 is 2.54 bits per heavy atom. The lowest BCUT2D eigenvalue weighted by Crippen LogP contribution is -2.40. The maximum absolute atomic E-state index is 14.0. The van der Waals surface area contributed by atoms with Crippen LogP contribution in [0.3, 0.4) is 0 Å². The lowest BCUT2D eigenvalue weighted by atomic mass is 10.1. The number of sulfonamides is 1. The second-order valence-electron chi connectivity index (χ2n) is 5.16. The number of hydrogen-bond donors (Lipinski definition) is 2. The molecular weight excluding hydrogens is 341 g/mol. The predicted octanol–water partition coefficient (Wildman–Crippen LogP) is 1.46. The Bertz CT molecular complexity index is 704. The minimum Gasteiger partial charge on any atom is -0.480 e. The molecule has 0 aliphatic heterocycles. The number of carboxylic acids is 1. The molecule has 0 spiro atoms. The summed E-state index contributed by atoms with van der Waals surface area (Å²) in [6.45, 7) is 1.85. The van der Waals surface area contributed by atoms with Crippen LogP contribution in [0.25, 0.3) is 0 Å². The first-order valence-corrected chi connectivity index (χ1v) is 8.80. The lowest BCUT2D eigenvalue weighted by molar-refractivity contribution is -0.140. The molecule has 0 fully saturated rings. The van der Waals surface area contributed by atoms with Crippen LogP contribution in [0.15, 0.2) is 23.1 Å². The molecule has 7 nitrogen and oxygen atoms in total. The summed E-state index contributed by atoms with van der Waals surface area (Å²) in [5, 5.41) is 9.08. The number of esters is 1. The van der Waals surface area contributed by atoms with Crippen molar-refractivity contribution in [3.05, 3.63) is 29.6 Å². The standard InChI is InChI=1S/C15H20FNO6S/c1-3-4-5-13(15(19)20)17-24(21,22)11-7-6-10(12(16)9-11)8-14(18)23-2/h6-7,9,13,17H,3-5,8H2,1-2H3,(H,19,20)/t13-/m0/s1. The Morgan fingerprint density at radius 1 is 1.38 bits per heavy atom. The van der Waals surface area contributed by atoms with Gasteiger partial charge in [-0.2, -0.15) is 4.72 Å². The van der Waals surface area contributed by atoms with Crippen molar-refractivity contribution in [3.63, 3.8) is 0 Å². The first-order valence-electron chi connectivity index (χ1n) is 7.31. The van der Waals surface area contributed by atoms with E-state index in [9.17, 15) is 22.4 Å². The van der Waals surface area contributed by atoms with Crippen LogP contribution in [-0.2, 0) is 30.8 Å². The molecule has 0 amide bonds. The van der Waals surface area contributed by atoms with Gasteiger partial charge in [-0.15, -0.1) is 0 Å². The minimum absolute atomic E-state index is 0.0124. The van der Waals surface area contributed by atoms with Gasteiger partial charge in [0.15, 0.2) is 0 Å². The number of methoxy groups -OCH3 is 1. The van der Waals surface area contributed by atoms with E-state index in [2.05, 4.69) is 9.46 Å². The van der Waals surface area contributed by atoms with Crippen molar-refractivity contribution in [2.24, 2.45) is 0 Å². The first-order chi connectivity index (χ1) is 11.2. The maximum Gasteiger partial charge on any atom is 0.321 e.